The number of hydrogen-bond acceptors (Lipinski definition) is 4. The second-order valence-electron chi connectivity index (χ2n) is 3.39. The molecule has 0 radical (unpaired) electrons. The van der Waals surface area contributed by atoms with Gasteiger partial charge in [-0.3, -0.25) is 0 Å². The molecule has 0 fully saturated rings. The maximum absolute atomic E-state index is 10.2. The summed E-state index contributed by atoms with van der Waals surface area (Å²) in [6, 6.07) is 0. The first kappa shape index (κ1) is 13.2. The lowest BCUT2D eigenvalue weighted by molar-refractivity contribution is 0.110. The van der Waals surface area contributed by atoms with Crippen molar-refractivity contribution in [1.29, 1.82) is 0 Å². The zero-order valence-corrected chi connectivity index (χ0v) is 8.91. The molecule has 0 spiro atoms. The van der Waals surface area contributed by atoms with Gasteiger partial charge in [-0.15, -0.1) is 0 Å². The van der Waals surface area contributed by atoms with Crippen LogP contribution >= 0.6 is 0 Å². The highest BCUT2D eigenvalue weighted by molar-refractivity contribution is 5.64. The molecule has 0 aromatic carbocycles. The number of carbonyl (C=O) groups is 1. The Hall–Kier alpha value is -0.810. The van der Waals surface area contributed by atoms with E-state index in [1.165, 1.54) is 0 Å². The molecule has 0 bridgehead atoms. The predicted molar refractivity (Wildman–Crippen MR) is 54.1 cm³/mol. The lowest BCUT2D eigenvalue weighted by Crippen LogP contribution is -2.26. The first-order valence-corrected chi connectivity index (χ1v) is 4.83. The van der Waals surface area contributed by atoms with Crippen molar-refractivity contribution in [2.75, 3.05) is 32.9 Å². The van der Waals surface area contributed by atoms with Crippen LogP contribution in [0.25, 0.3) is 0 Å². The third-order valence-electron chi connectivity index (χ3n) is 1.40. The van der Waals surface area contributed by atoms with Crippen LogP contribution in [-0.4, -0.2) is 39.0 Å². The average Bonchev–Trinajstić information content (AvgIpc) is 2.08. The Kier molecular flexibility index (Phi) is 8.27. The Bertz CT molecular complexity index is 151. The molecule has 0 aliphatic heterocycles. The summed E-state index contributed by atoms with van der Waals surface area (Å²) in [5, 5.41) is 3.06. The van der Waals surface area contributed by atoms with E-state index in [-0.39, 0.29) is 0 Å². The summed E-state index contributed by atoms with van der Waals surface area (Å²) in [7, 11) is 0. The average molecular weight is 204 g/mol. The Labute approximate surface area is 84.9 Å². The van der Waals surface area contributed by atoms with E-state index < -0.39 is 6.09 Å². The van der Waals surface area contributed by atoms with Gasteiger partial charge in [-0.25, -0.2) is 4.79 Å². The molecular formula is C9H20N2O3. The highest BCUT2D eigenvalue weighted by Gasteiger charge is 1.94. The summed E-state index contributed by atoms with van der Waals surface area (Å²) in [6.07, 6.45) is -0.733. The Morgan fingerprint density at radius 2 is 2.00 bits per heavy atom. The first-order valence-electron chi connectivity index (χ1n) is 4.83. The van der Waals surface area contributed by atoms with Crippen LogP contribution in [0.2, 0.25) is 0 Å². The molecule has 0 saturated carbocycles. The maximum atomic E-state index is 10.2. The van der Waals surface area contributed by atoms with Gasteiger partial charge in [-0.1, -0.05) is 13.8 Å². The molecule has 0 heterocycles. The SMILES string of the molecule is CC(C)COCCNCCOC(N)=O. The standard InChI is InChI=1S/C9H20N2O3/c1-8(2)7-13-5-3-11-4-6-14-9(10)12/h8,11H,3-7H2,1-2H3,(H2,10,12). The number of rotatable bonds is 8. The lowest BCUT2D eigenvalue weighted by Gasteiger charge is -2.07. The largest absolute Gasteiger partial charge is 0.448 e. The van der Waals surface area contributed by atoms with Crippen molar-refractivity contribution in [2.24, 2.45) is 11.7 Å². The van der Waals surface area contributed by atoms with Crippen molar-refractivity contribution in [3.8, 4) is 0 Å². The Morgan fingerprint density at radius 1 is 1.36 bits per heavy atom. The predicted octanol–water partition coefficient (Wildman–Crippen LogP) is 0.344. The molecule has 84 valence electrons. The van der Waals surface area contributed by atoms with Crippen molar-refractivity contribution in [3.63, 3.8) is 0 Å². The van der Waals surface area contributed by atoms with Crippen LogP contribution in [0.1, 0.15) is 13.8 Å². The third kappa shape index (κ3) is 11.2. The van der Waals surface area contributed by atoms with E-state index in [0.29, 0.717) is 25.7 Å². The molecule has 0 aliphatic rings. The number of nitrogens with two attached hydrogens (primary N) is 1. The minimum absolute atomic E-state index is 0.305. The van der Waals surface area contributed by atoms with E-state index in [0.717, 1.165) is 13.2 Å². The Morgan fingerprint density at radius 3 is 2.57 bits per heavy atom. The number of ether oxygens (including phenoxy) is 2. The quantitative estimate of drug-likeness (QED) is 0.559. The van der Waals surface area contributed by atoms with E-state index in [4.69, 9.17) is 10.5 Å². The van der Waals surface area contributed by atoms with Crippen molar-refractivity contribution in [3.05, 3.63) is 0 Å². The number of carbonyl (C=O) groups excluding carboxylic acids is 1. The first-order chi connectivity index (χ1) is 6.63. The van der Waals surface area contributed by atoms with Gasteiger partial charge in [0.1, 0.15) is 6.61 Å². The van der Waals surface area contributed by atoms with E-state index >= 15 is 0 Å². The zero-order chi connectivity index (χ0) is 10.8. The van der Waals surface area contributed by atoms with Crippen LogP contribution in [0.15, 0.2) is 0 Å². The van der Waals surface area contributed by atoms with Gasteiger partial charge in [0, 0.05) is 19.7 Å². The molecule has 14 heavy (non-hydrogen) atoms. The van der Waals surface area contributed by atoms with E-state index in [1.807, 2.05) is 0 Å². The molecule has 0 saturated heterocycles. The van der Waals surface area contributed by atoms with Crippen molar-refractivity contribution in [2.45, 2.75) is 13.8 Å². The maximum Gasteiger partial charge on any atom is 0.404 e. The Balaban J connectivity index is 2.96. The molecular weight excluding hydrogens is 184 g/mol. The summed E-state index contributed by atoms with van der Waals surface area (Å²) >= 11 is 0. The van der Waals surface area contributed by atoms with Crippen LogP contribution in [0.3, 0.4) is 0 Å². The molecule has 1 amide bonds. The minimum Gasteiger partial charge on any atom is -0.448 e. The summed E-state index contributed by atoms with van der Waals surface area (Å²) in [6.45, 7) is 7.33. The number of nitrogens with one attached hydrogen (secondary N) is 1. The molecule has 0 atom stereocenters. The van der Waals surface area contributed by atoms with Crippen LogP contribution in [0, 0.1) is 5.92 Å². The number of amides is 1. The molecule has 5 heteroatoms. The van der Waals surface area contributed by atoms with Gasteiger partial charge >= 0.3 is 6.09 Å². The van der Waals surface area contributed by atoms with Crippen molar-refractivity contribution < 1.29 is 14.3 Å². The molecule has 0 aromatic rings. The second-order valence-corrected chi connectivity index (χ2v) is 3.39. The van der Waals surface area contributed by atoms with Gasteiger partial charge in [0.25, 0.3) is 0 Å². The molecule has 0 rings (SSSR count). The number of hydrogen-bond donors (Lipinski definition) is 2. The molecule has 3 N–H and O–H groups in total. The van der Waals surface area contributed by atoms with Gasteiger partial charge in [-0.05, 0) is 5.92 Å². The van der Waals surface area contributed by atoms with E-state index in [1.54, 1.807) is 0 Å². The summed E-state index contributed by atoms with van der Waals surface area (Å²) in [5.41, 5.74) is 4.77. The van der Waals surface area contributed by atoms with Crippen LogP contribution in [0.4, 0.5) is 4.79 Å². The minimum atomic E-state index is -0.733. The monoisotopic (exact) mass is 204 g/mol. The molecule has 0 unspecified atom stereocenters. The fourth-order valence-corrected chi connectivity index (χ4v) is 0.812. The third-order valence-corrected chi connectivity index (χ3v) is 1.40. The zero-order valence-electron chi connectivity index (χ0n) is 8.91. The fraction of sp³-hybridized carbons (Fsp3) is 0.889. The fourth-order valence-electron chi connectivity index (χ4n) is 0.812. The molecule has 0 aromatic heterocycles. The van der Waals surface area contributed by atoms with Crippen LogP contribution < -0.4 is 11.1 Å². The van der Waals surface area contributed by atoms with Gasteiger partial charge in [0.15, 0.2) is 0 Å². The summed E-state index contributed by atoms with van der Waals surface area (Å²) in [4.78, 5) is 10.2. The smallest absolute Gasteiger partial charge is 0.404 e. The summed E-state index contributed by atoms with van der Waals surface area (Å²) in [5.74, 6) is 0.563. The highest BCUT2D eigenvalue weighted by Crippen LogP contribution is 1.90. The van der Waals surface area contributed by atoms with Crippen molar-refractivity contribution in [1.82, 2.24) is 5.32 Å². The topological polar surface area (TPSA) is 73.6 Å². The lowest BCUT2D eigenvalue weighted by atomic mass is 10.2. The molecule has 0 aliphatic carbocycles. The normalized spacial score (nSPS) is 10.5. The van der Waals surface area contributed by atoms with E-state index in [2.05, 4.69) is 23.9 Å². The van der Waals surface area contributed by atoms with Crippen LogP contribution in [-0.2, 0) is 9.47 Å². The van der Waals surface area contributed by atoms with Gasteiger partial charge in [0.05, 0.1) is 6.61 Å². The second kappa shape index (κ2) is 8.77. The summed E-state index contributed by atoms with van der Waals surface area (Å²) < 4.78 is 9.85. The van der Waals surface area contributed by atoms with E-state index in [9.17, 15) is 4.79 Å². The van der Waals surface area contributed by atoms with Crippen LogP contribution in [0.5, 0.6) is 0 Å². The number of primary amides is 1. The van der Waals surface area contributed by atoms with Crippen molar-refractivity contribution >= 4 is 6.09 Å². The van der Waals surface area contributed by atoms with Gasteiger partial charge in [0.2, 0.25) is 0 Å². The highest BCUT2D eigenvalue weighted by atomic mass is 16.5. The van der Waals surface area contributed by atoms with Gasteiger partial charge in [-0.2, -0.15) is 0 Å². The molecule has 5 nitrogen and oxygen atoms in total. The van der Waals surface area contributed by atoms with Gasteiger partial charge < -0.3 is 20.5 Å².